The van der Waals surface area contributed by atoms with Crippen LogP contribution in [0.5, 0.6) is 0 Å². The molecule has 0 spiro atoms. The van der Waals surface area contributed by atoms with E-state index >= 15 is 0 Å². The van der Waals surface area contributed by atoms with Gasteiger partial charge in [-0.15, -0.1) is 0 Å². The molecule has 0 amide bonds. The summed E-state index contributed by atoms with van der Waals surface area (Å²) in [6.07, 6.45) is 0. The number of hydrogen-bond donors (Lipinski definition) is 0. The van der Waals surface area contributed by atoms with Crippen molar-refractivity contribution in [1.29, 1.82) is 0 Å². The van der Waals surface area contributed by atoms with Gasteiger partial charge in [-0.05, 0) is 28.5 Å². The van der Waals surface area contributed by atoms with Crippen molar-refractivity contribution in [3.8, 4) is 0 Å². The van der Waals surface area contributed by atoms with Crippen LogP contribution in [0.1, 0.15) is 56.2 Å². The Balaban J connectivity index is 3.09. The van der Waals surface area contributed by atoms with Crippen LogP contribution in [-0.4, -0.2) is 7.11 Å². The molecule has 84 valence electrons. The molecule has 0 fully saturated rings. The van der Waals surface area contributed by atoms with E-state index in [-0.39, 0.29) is 0 Å². The van der Waals surface area contributed by atoms with Crippen molar-refractivity contribution in [2.75, 3.05) is 7.11 Å². The zero-order valence-electron chi connectivity index (χ0n) is 10.5. The van der Waals surface area contributed by atoms with Gasteiger partial charge in [0.2, 0.25) is 0 Å². The maximum Gasteiger partial charge on any atom is 0.0715 e. The monoisotopic (exact) mass is 206 g/mol. The first-order valence-electron chi connectivity index (χ1n) is 5.68. The average molecular weight is 206 g/mol. The third-order valence-electron chi connectivity index (χ3n) is 2.76. The van der Waals surface area contributed by atoms with Gasteiger partial charge >= 0.3 is 0 Å². The summed E-state index contributed by atoms with van der Waals surface area (Å²) in [7, 11) is 1.75. The van der Waals surface area contributed by atoms with E-state index < -0.39 is 0 Å². The molecule has 0 aliphatic rings. The topological polar surface area (TPSA) is 9.23 Å². The van der Waals surface area contributed by atoms with E-state index in [0.717, 1.165) is 0 Å². The van der Waals surface area contributed by atoms with Crippen molar-refractivity contribution < 1.29 is 4.74 Å². The summed E-state index contributed by atoms with van der Waals surface area (Å²) in [5, 5.41) is 0. The molecule has 0 aliphatic carbocycles. The van der Waals surface area contributed by atoms with E-state index in [9.17, 15) is 0 Å². The molecule has 0 heterocycles. The summed E-state index contributed by atoms with van der Waals surface area (Å²) in [6.45, 7) is 9.65. The second kappa shape index (κ2) is 5.32. The highest BCUT2D eigenvalue weighted by Crippen LogP contribution is 2.25. The highest BCUT2D eigenvalue weighted by atomic mass is 16.5. The van der Waals surface area contributed by atoms with Crippen LogP contribution in [0.25, 0.3) is 0 Å². The van der Waals surface area contributed by atoms with Crippen LogP contribution < -0.4 is 0 Å². The lowest BCUT2D eigenvalue weighted by atomic mass is 9.92. The maximum atomic E-state index is 5.22. The van der Waals surface area contributed by atoms with Gasteiger partial charge in [-0.1, -0.05) is 45.9 Å². The third kappa shape index (κ3) is 3.07. The Morgan fingerprint density at radius 1 is 1.07 bits per heavy atom. The van der Waals surface area contributed by atoms with Crippen molar-refractivity contribution in [2.24, 2.45) is 0 Å². The van der Waals surface area contributed by atoms with E-state index in [1.807, 2.05) is 0 Å². The minimum atomic E-state index is 0.564. The van der Waals surface area contributed by atoms with Gasteiger partial charge in [-0.3, -0.25) is 0 Å². The molecule has 1 rings (SSSR count). The molecule has 0 saturated carbocycles. The summed E-state index contributed by atoms with van der Waals surface area (Å²) in [5.74, 6) is 1.16. The van der Waals surface area contributed by atoms with Gasteiger partial charge in [0.05, 0.1) is 6.61 Å². The standard InChI is InChI=1S/C14H22O/c1-10(2)12-6-7-13(9-15-5)14(8-12)11(3)4/h6-8,10-11H,9H2,1-5H3. The Kier molecular flexibility index (Phi) is 4.34. The highest BCUT2D eigenvalue weighted by molar-refractivity contribution is 5.35. The molecule has 0 unspecified atom stereocenters. The van der Waals surface area contributed by atoms with E-state index in [1.165, 1.54) is 16.7 Å². The summed E-state index contributed by atoms with van der Waals surface area (Å²) >= 11 is 0. The number of rotatable bonds is 4. The molecule has 0 aromatic heterocycles. The van der Waals surface area contributed by atoms with Gasteiger partial charge < -0.3 is 4.74 Å². The first-order chi connectivity index (χ1) is 7.06. The lowest BCUT2D eigenvalue weighted by Crippen LogP contribution is -2.00. The minimum absolute atomic E-state index is 0.564. The minimum Gasteiger partial charge on any atom is -0.380 e. The van der Waals surface area contributed by atoms with Gasteiger partial charge in [0.25, 0.3) is 0 Å². The van der Waals surface area contributed by atoms with Crippen molar-refractivity contribution in [3.05, 3.63) is 34.9 Å². The smallest absolute Gasteiger partial charge is 0.0715 e. The van der Waals surface area contributed by atoms with Crippen molar-refractivity contribution in [3.63, 3.8) is 0 Å². The Bertz CT molecular complexity index is 313. The molecule has 1 aromatic carbocycles. The second-order valence-electron chi connectivity index (χ2n) is 4.70. The van der Waals surface area contributed by atoms with Crippen LogP contribution in [0, 0.1) is 0 Å². The Morgan fingerprint density at radius 3 is 2.20 bits per heavy atom. The van der Waals surface area contributed by atoms with E-state index in [0.29, 0.717) is 18.4 Å². The molecule has 0 atom stereocenters. The SMILES string of the molecule is COCc1ccc(C(C)C)cc1C(C)C. The molecule has 1 heteroatoms. The summed E-state index contributed by atoms with van der Waals surface area (Å²) in [4.78, 5) is 0. The van der Waals surface area contributed by atoms with Crippen molar-refractivity contribution in [2.45, 2.75) is 46.1 Å². The molecule has 0 saturated heterocycles. The van der Waals surface area contributed by atoms with Crippen LogP contribution in [0.4, 0.5) is 0 Å². The van der Waals surface area contributed by atoms with E-state index in [4.69, 9.17) is 4.74 Å². The van der Waals surface area contributed by atoms with Gasteiger partial charge in [0, 0.05) is 7.11 Å². The predicted octanol–water partition coefficient (Wildman–Crippen LogP) is 4.08. The predicted molar refractivity (Wildman–Crippen MR) is 65.3 cm³/mol. The largest absolute Gasteiger partial charge is 0.380 e. The van der Waals surface area contributed by atoms with E-state index in [1.54, 1.807) is 7.11 Å². The second-order valence-corrected chi connectivity index (χ2v) is 4.70. The van der Waals surface area contributed by atoms with Gasteiger partial charge in [0.15, 0.2) is 0 Å². The van der Waals surface area contributed by atoms with Crippen molar-refractivity contribution in [1.82, 2.24) is 0 Å². The molecule has 1 nitrogen and oxygen atoms in total. The lowest BCUT2D eigenvalue weighted by molar-refractivity contribution is 0.184. The normalized spacial score (nSPS) is 11.4. The molecule has 1 aromatic rings. The molecule has 0 radical (unpaired) electrons. The molecular formula is C14H22O. The maximum absolute atomic E-state index is 5.22. The Morgan fingerprint density at radius 2 is 1.73 bits per heavy atom. The average Bonchev–Trinajstić information content (AvgIpc) is 2.18. The fraction of sp³-hybridized carbons (Fsp3) is 0.571. The Hall–Kier alpha value is -0.820. The van der Waals surface area contributed by atoms with Crippen LogP contribution in [0.15, 0.2) is 18.2 Å². The molecule has 0 N–H and O–H groups in total. The number of methoxy groups -OCH3 is 1. The first-order valence-corrected chi connectivity index (χ1v) is 5.68. The quantitative estimate of drug-likeness (QED) is 0.721. The van der Waals surface area contributed by atoms with Crippen LogP contribution >= 0.6 is 0 Å². The first kappa shape index (κ1) is 12.3. The number of benzene rings is 1. The molecule has 0 bridgehead atoms. The van der Waals surface area contributed by atoms with Crippen LogP contribution in [0.3, 0.4) is 0 Å². The molecule has 0 aliphatic heterocycles. The Labute approximate surface area is 93.5 Å². The van der Waals surface area contributed by atoms with Gasteiger partial charge in [-0.2, -0.15) is 0 Å². The fourth-order valence-electron chi connectivity index (χ4n) is 1.80. The van der Waals surface area contributed by atoms with Crippen LogP contribution in [-0.2, 0) is 11.3 Å². The van der Waals surface area contributed by atoms with Gasteiger partial charge in [0.1, 0.15) is 0 Å². The summed E-state index contributed by atoms with van der Waals surface area (Å²) in [6, 6.07) is 6.74. The fourth-order valence-corrected chi connectivity index (χ4v) is 1.80. The molecular weight excluding hydrogens is 184 g/mol. The zero-order chi connectivity index (χ0) is 11.4. The molecule has 15 heavy (non-hydrogen) atoms. The zero-order valence-corrected chi connectivity index (χ0v) is 10.5. The van der Waals surface area contributed by atoms with E-state index in [2.05, 4.69) is 45.9 Å². The van der Waals surface area contributed by atoms with Crippen molar-refractivity contribution >= 4 is 0 Å². The number of ether oxygens (including phenoxy) is 1. The third-order valence-corrected chi connectivity index (χ3v) is 2.76. The summed E-state index contributed by atoms with van der Waals surface area (Å²) in [5.41, 5.74) is 4.15. The van der Waals surface area contributed by atoms with Crippen LogP contribution in [0.2, 0.25) is 0 Å². The highest BCUT2D eigenvalue weighted by Gasteiger charge is 2.09. The number of hydrogen-bond acceptors (Lipinski definition) is 1. The summed E-state index contributed by atoms with van der Waals surface area (Å²) < 4.78 is 5.22. The lowest BCUT2D eigenvalue weighted by Gasteiger charge is -2.15. The van der Waals surface area contributed by atoms with Gasteiger partial charge in [-0.25, -0.2) is 0 Å².